The Kier molecular flexibility index (Phi) is 40.7. The maximum Gasteiger partial charge on any atom is 0.348 e. The summed E-state index contributed by atoms with van der Waals surface area (Å²) < 4.78 is 27.5. The lowest BCUT2D eigenvalue weighted by Crippen LogP contribution is -2.33. The molecule has 0 aromatic heterocycles. The van der Waals surface area contributed by atoms with Gasteiger partial charge in [0.05, 0.1) is 38.1 Å². The summed E-state index contributed by atoms with van der Waals surface area (Å²) in [7, 11) is 3.71. The van der Waals surface area contributed by atoms with Crippen molar-refractivity contribution in [3.05, 3.63) is 0 Å². The van der Waals surface area contributed by atoms with Crippen LogP contribution in [0.2, 0.25) is 0 Å². The molecule has 11 heteroatoms. The number of likely N-dealkylation sites (N-methyl/N-ethyl adjacent to an activating group) is 1. The molecule has 0 N–H and O–H groups in total. The monoisotopic (exact) mass is 868 g/mol. The molecule has 0 amide bonds. The Morgan fingerprint density at radius 1 is 0.393 bits per heavy atom. The van der Waals surface area contributed by atoms with Crippen LogP contribution < -0.4 is 0 Å². The van der Waals surface area contributed by atoms with E-state index in [9.17, 15) is 24.0 Å². The Morgan fingerprint density at radius 2 is 0.754 bits per heavy atom. The number of hydrogen-bond acceptors (Lipinski definition) is 11. The van der Waals surface area contributed by atoms with Crippen molar-refractivity contribution in [3.63, 3.8) is 0 Å². The van der Waals surface area contributed by atoms with E-state index < -0.39 is 30.4 Å². The summed E-state index contributed by atoms with van der Waals surface area (Å²) in [6, 6.07) is 0. The van der Waals surface area contributed by atoms with Gasteiger partial charge in [0, 0.05) is 13.0 Å². The highest BCUT2D eigenvalue weighted by atomic mass is 16.6. The van der Waals surface area contributed by atoms with Crippen molar-refractivity contribution in [1.82, 2.24) is 4.90 Å². The summed E-state index contributed by atoms with van der Waals surface area (Å²) in [5.74, 6) is -2.44. The fraction of sp³-hybridized carbons (Fsp3) is 0.900. The first-order chi connectivity index (χ1) is 29.6. The van der Waals surface area contributed by atoms with E-state index in [4.69, 9.17) is 23.7 Å². The maximum absolute atomic E-state index is 13.1. The number of esters is 5. The van der Waals surface area contributed by atoms with Crippen LogP contribution in [0.5, 0.6) is 0 Å². The van der Waals surface area contributed by atoms with Gasteiger partial charge in [-0.05, 0) is 71.9 Å². The predicted molar refractivity (Wildman–Crippen MR) is 245 cm³/mol. The quantitative estimate of drug-likeness (QED) is 0.0329. The van der Waals surface area contributed by atoms with E-state index in [-0.39, 0.29) is 50.0 Å². The van der Waals surface area contributed by atoms with Crippen LogP contribution in [-0.2, 0) is 47.7 Å². The van der Waals surface area contributed by atoms with Gasteiger partial charge in [-0.1, -0.05) is 156 Å². The van der Waals surface area contributed by atoms with Crippen molar-refractivity contribution < 1.29 is 47.7 Å². The van der Waals surface area contributed by atoms with Gasteiger partial charge >= 0.3 is 29.8 Å². The molecule has 0 heterocycles. The van der Waals surface area contributed by atoms with E-state index in [0.717, 1.165) is 89.9 Å². The molecule has 0 fully saturated rings. The zero-order chi connectivity index (χ0) is 45.2. The van der Waals surface area contributed by atoms with Crippen LogP contribution >= 0.6 is 0 Å². The van der Waals surface area contributed by atoms with Crippen LogP contribution in [0.15, 0.2) is 0 Å². The van der Waals surface area contributed by atoms with Crippen LogP contribution in [-0.4, -0.2) is 87.9 Å². The van der Waals surface area contributed by atoms with Crippen molar-refractivity contribution in [2.45, 2.75) is 233 Å². The highest BCUT2D eigenvalue weighted by Crippen LogP contribution is 2.22. The van der Waals surface area contributed by atoms with Crippen molar-refractivity contribution in [2.24, 2.45) is 11.8 Å². The maximum atomic E-state index is 13.1. The third-order valence-electron chi connectivity index (χ3n) is 11.3. The SMILES string of the molecule is CCCCCCCCC(CCCCCC)C(=O)OCCCCCC(=O)OC(CC(=O)OCCN(C)C)C(=O)OCCCCOC(=O)C(CCCCCC)CCCCCCCC. The van der Waals surface area contributed by atoms with Crippen molar-refractivity contribution in [1.29, 1.82) is 0 Å². The van der Waals surface area contributed by atoms with Gasteiger partial charge < -0.3 is 28.6 Å². The largest absolute Gasteiger partial charge is 0.465 e. The molecular formula is C50H93NO10. The number of nitrogens with zero attached hydrogens (tertiary/aromatic N) is 1. The Balaban J connectivity index is 4.87. The molecule has 0 aromatic carbocycles. The first-order valence-electron chi connectivity index (χ1n) is 25.1. The molecule has 0 aliphatic rings. The van der Waals surface area contributed by atoms with Gasteiger partial charge in [-0.25, -0.2) is 4.79 Å². The minimum absolute atomic E-state index is 0.0373. The molecule has 11 nitrogen and oxygen atoms in total. The lowest BCUT2D eigenvalue weighted by Gasteiger charge is -2.18. The van der Waals surface area contributed by atoms with Gasteiger partial charge in [-0.3, -0.25) is 19.2 Å². The van der Waals surface area contributed by atoms with E-state index in [0.29, 0.717) is 45.3 Å². The number of rotatable bonds is 44. The van der Waals surface area contributed by atoms with Gasteiger partial charge in [0.25, 0.3) is 0 Å². The fourth-order valence-corrected chi connectivity index (χ4v) is 7.28. The highest BCUT2D eigenvalue weighted by molar-refractivity contribution is 5.84. The van der Waals surface area contributed by atoms with Crippen LogP contribution in [0, 0.1) is 11.8 Å². The minimum atomic E-state index is -1.42. The molecule has 3 atom stereocenters. The Labute approximate surface area is 373 Å². The lowest BCUT2D eigenvalue weighted by atomic mass is 9.94. The van der Waals surface area contributed by atoms with Crippen LogP contribution in [0.4, 0.5) is 0 Å². The third-order valence-corrected chi connectivity index (χ3v) is 11.3. The van der Waals surface area contributed by atoms with Crippen molar-refractivity contribution in [2.75, 3.05) is 47.1 Å². The van der Waals surface area contributed by atoms with E-state index >= 15 is 0 Å². The van der Waals surface area contributed by atoms with E-state index in [1.54, 1.807) is 0 Å². The summed E-state index contributed by atoms with van der Waals surface area (Å²) in [5.41, 5.74) is 0. The van der Waals surface area contributed by atoms with E-state index in [2.05, 4.69) is 27.7 Å². The molecule has 3 unspecified atom stereocenters. The Bertz CT molecular complexity index is 1080. The number of unbranched alkanes of at least 4 members (excludes halogenated alkanes) is 19. The zero-order valence-electron chi connectivity index (χ0n) is 40.2. The summed E-state index contributed by atoms with van der Waals surface area (Å²) in [5, 5.41) is 0. The van der Waals surface area contributed by atoms with Gasteiger partial charge in [0.1, 0.15) is 6.61 Å². The summed E-state index contributed by atoms with van der Waals surface area (Å²) >= 11 is 0. The predicted octanol–water partition coefficient (Wildman–Crippen LogP) is 12.0. The number of ether oxygens (including phenoxy) is 5. The summed E-state index contributed by atoms with van der Waals surface area (Å²) in [6.45, 7) is 10.0. The Morgan fingerprint density at radius 3 is 1.18 bits per heavy atom. The molecular weight excluding hydrogens is 775 g/mol. The minimum Gasteiger partial charge on any atom is -0.465 e. The fourth-order valence-electron chi connectivity index (χ4n) is 7.28. The average Bonchev–Trinajstić information content (AvgIpc) is 3.23. The van der Waals surface area contributed by atoms with Crippen LogP contribution in [0.3, 0.4) is 0 Å². The second-order valence-electron chi connectivity index (χ2n) is 17.4. The third kappa shape index (κ3) is 36.5. The Hall–Kier alpha value is -2.69. The smallest absolute Gasteiger partial charge is 0.348 e. The zero-order valence-corrected chi connectivity index (χ0v) is 40.2. The van der Waals surface area contributed by atoms with Gasteiger partial charge in [-0.15, -0.1) is 0 Å². The lowest BCUT2D eigenvalue weighted by molar-refractivity contribution is -0.172. The average molecular weight is 868 g/mol. The van der Waals surface area contributed by atoms with E-state index in [1.165, 1.54) is 64.2 Å². The van der Waals surface area contributed by atoms with E-state index in [1.807, 2.05) is 19.0 Å². The van der Waals surface area contributed by atoms with Crippen molar-refractivity contribution >= 4 is 29.8 Å². The van der Waals surface area contributed by atoms with Crippen LogP contribution in [0.1, 0.15) is 227 Å². The molecule has 0 aromatic rings. The highest BCUT2D eigenvalue weighted by Gasteiger charge is 2.28. The number of hydrogen-bond donors (Lipinski definition) is 0. The first kappa shape index (κ1) is 58.3. The molecule has 0 saturated heterocycles. The number of carbonyl (C=O) groups excluding carboxylic acids is 5. The van der Waals surface area contributed by atoms with Crippen LogP contribution in [0.25, 0.3) is 0 Å². The summed E-state index contributed by atoms with van der Waals surface area (Å²) in [4.78, 5) is 66.3. The number of carbonyl (C=O) groups is 5. The van der Waals surface area contributed by atoms with Gasteiger partial charge in [-0.2, -0.15) is 0 Å². The molecule has 0 radical (unpaired) electrons. The topological polar surface area (TPSA) is 135 Å². The normalized spacial score (nSPS) is 12.8. The molecule has 0 saturated carbocycles. The molecule has 61 heavy (non-hydrogen) atoms. The molecule has 0 bridgehead atoms. The molecule has 358 valence electrons. The molecule has 0 aliphatic heterocycles. The van der Waals surface area contributed by atoms with Gasteiger partial charge in [0.15, 0.2) is 0 Å². The molecule has 0 rings (SSSR count). The second kappa shape index (κ2) is 42.6. The second-order valence-corrected chi connectivity index (χ2v) is 17.4. The first-order valence-corrected chi connectivity index (χ1v) is 25.1. The summed E-state index contributed by atoms with van der Waals surface area (Å²) in [6.07, 6.45) is 27.7. The standard InChI is InChI=1S/C50H93NO10/c1-7-11-15-19-21-26-34-43(32-24-17-13-9-3)48(54)58-38-29-23-28-36-46(52)61-45(42-47(53)57-41-37-51(5)6)50(56)60-40-31-30-39-59-49(55)44(33-25-18-14-10-4)35-27-22-20-16-12-8-2/h43-45H,7-42H2,1-6H3. The molecule has 0 spiro atoms. The van der Waals surface area contributed by atoms with Gasteiger partial charge in [0.2, 0.25) is 6.10 Å². The molecule has 0 aliphatic carbocycles. The van der Waals surface area contributed by atoms with Crippen molar-refractivity contribution in [3.8, 4) is 0 Å².